The second-order valence-electron chi connectivity index (χ2n) is 5.64. The number of fused-ring (bicyclic) bond motifs is 3. The highest BCUT2D eigenvalue weighted by Gasteiger charge is 2.55. The van der Waals surface area contributed by atoms with Crippen LogP contribution in [0.25, 0.3) is 0 Å². The lowest BCUT2D eigenvalue weighted by atomic mass is 9.81. The summed E-state index contributed by atoms with van der Waals surface area (Å²) in [5.41, 5.74) is 1.61. The van der Waals surface area contributed by atoms with Crippen LogP contribution in [0.3, 0.4) is 0 Å². The molecule has 2 saturated carbocycles. The maximum absolute atomic E-state index is 11.9. The molecule has 3 rings (SSSR count). The van der Waals surface area contributed by atoms with Crippen LogP contribution in [-0.4, -0.2) is 29.1 Å². The first-order chi connectivity index (χ1) is 8.91. The zero-order chi connectivity index (χ0) is 13.9. The van der Waals surface area contributed by atoms with Gasteiger partial charge in [0.1, 0.15) is 6.10 Å². The van der Waals surface area contributed by atoms with Crippen molar-refractivity contribution in [1.82, 2.24) is 0 Å². The maximum Gasteiger partial charge on any atom is 0.334 e. The van der Waals surface area contributed by atoms with Crippen molar-refractivity contribution in [2.75, 3.05) is 0 Å². The molecule has 1 N–H and O–H groups in total. The van der Waals surface area contributed by atoms with E-state index in [1.807, 2.05) is 0 Å². The predicted octanol–water partition coefficient (Wildman–Crippen LogP) is 1.17. The van der Waals surface area contributed by atoms with Gasteiger partial charge in [-0.1, -0.05) is 25.3 Å². The van der Waals surface area contributed by atoms with Crippen molar-refractivity contribution >= 4 is 11.8 Å². The molecule has 5 atom stereocenters. The standard InChI is InChI=1S/C15H16O4/c1-6-4-11(17)13-8(3)15(18)19-14(13)12-7(2)10(16)5-9(6)12/h9,11-14,17H,1-5H2. The number of aliphatic hydroxyl groups excluding tert-OH is 1. The largest absolute Gasteiger partial charge is 0.458 e. The molecule has 100 valence electrons. The molecular formula is C15H16O4. The van der Waals surface area contributed by atoms with Crippen LogP contribution in [0.4, 0.5) is 0 Å². The number of rotatable bonds is 0. The molecule has 0 bridgehead atoms. The Bertz CT molecular complexity index is 530. The molecule has 5 unspecified atom stereocenters. The predicted molar refractivity (Wildman–Crippen MR) is 68.0 cm³/mol. The number of Topliss-reactive ketones (excluding diaryl/α,β-unsaturated/α-hetero) is 1. The fraction of sp³-hybridized carbons (Fsp3) is 0.467. The molecule has 3 aliphatic rings. The summed E-state index contributed by atoms with van der Waals surface area (Å²) in [4.78, 5) is 23.6. The molecule has 1 aliphatic heterocycles. The van der Waals surface area contributed by atoms with Gasteiger partial charge in [-0.05, 0) is 17.9 Å². The van der Waals surface area contributed by atoms with Crippen molar-refractivity contribution in [3.63, 3.8) is 0 Å². The highest BCUT2D eigenvalue weighted by molar-refractivity contribution is 5.99. The van der Waals surface area contributed by atoms with Gasteiger partial charge in [0, 0.05) is 17.9 Å². The first-order valence-corrected chi connectivity index (χ1v) is 6.39. The molecule has 0 amide bonds. The van der Waals surface area contributed by atoms with Crippen molar-refractivity contribution in [3.05, 3.63) is 36.5 Å². The van der Waals surface area contributed by atoms with Gasteiger partial charge in [0.15, 0.2) is 5.78 Å². The van der Waals surface area contributed by atoms with Gasteiger partial charge >= 0.3 is 5.97 Å². The number of carbonyl (C=O) groups excluding carboxylic acids is 2. The quantitative estimate of drug-likeness (QED) is 0.403. The minimum Gasteiger partial charge on any atom is -0.458 e. The van der Waals surface area contributed by atoms with Gasteiger partial charge in [-0.25, -0.2) is 4.79 Å². The Morgan fingerprint density at radius 2 is 1.74 bits per heavy atom. The van der Waals surface area contributed by atoms with Crippen LogP contribution >= 0.6 is 0 Å². The Morgan fingerprint density at radius 3 is 2.42 bits per heavy atom. The van der Waals surface area contributed by atoms with Crippen LogP contribution < -0.4 is 0 Å². The van der Waals surface area contributed by atoms with Gasteiger partial charge in [-0.15, -0.1) is 0 Å². The van der Waals surface area contributed by atoms with E-state index in [-0.39, 0.29) is 23.2 Å². The molecule has 0 radical (unpaired) electrons. The van der Waals surface area contributed by atoms with Gasteiger partial charge in [0.25, 0.3) is 0 Å². The maximum atomic E-state index is 11.9. The van der Waals surface area contributed by atoms with Gasteiger partial charge in [0.05, 0.1) is 12.0 Å². The lowest BCUT2D eigenvalue weighted by Crippen LogP contribution is -2.33. The topological polar surface area (TPSA) is 63.6 Å². The minimum atomic E-state index is -0.732. The molecule has 2 aliphatic carbocycles. The molecule has 3 fully saturated rings. The number of carbonyl (C=O) groups is 2. The van der Waals surface area contributed by atoms with Crippen molar-refractivity contribution in [2.24, 2.45) is 17.8 Å². The molecular weight excluding hydrogens is 244 g/mol. The summed E-state index contributed by atoms with van der Waals surface area (Å²) in [5.74, 6) is -1.28. The molecule has 0 aromatic carbocycles. The first-order valence-electron chi connectivity index (χ1n) is 6.39. The van der Waals surface area contributed by atoms with Crippen molar-refractivity contribution in [1.29, 1.82) is 0 Å². The summed E-state index contributed by atoms with van der Waals surface area (Å²) in [7, 11) is 0. The number of ether oxygens (including phenoxy) is 1. The van der Waals surface area contributed by atoms with Gasteiger partial charge in [-0.3, -0.25) is 4.79 Å². The average molecular weight is 260 g/mol. The monoisotopic (exact) mass is 260 g/mol. The van der Waals surface area contributed by atoms with E-state index in [0.717, 1.165) is 5.57 Å². The molecule has 0 spiro atoms. The van der Waals surface area contributed by atoms with Crippen molar-refractivity contribution < 1.29 is 19.4 Å². The Labute approximate surface area is 111 Å². The molecule has 0 aromatic rings. The van der Waals surface area contributed by atoms with E-state index in [1.54, 1.807) is 0 Å². The lowest BCUT2D eigenvalue weighted by molar-refractivity contribution is -0.141. The SMILES string of the molecule is C=C1CC(O)C2C(=C)C(=O)OC2C2C(=C)C(=O)CC12. The summed E-state index contributed by atoms with van der Waals surface area (Å²) in [6.45, 7) is 11.5. The molecule has 19 heavy (non-hydrogen) atoms. The van der Waals surface area contributed by atoms with Gasteiger partial charge in [-0.2, -0.15) is 0 Å². The number of ketones is 1. The van der Waals surface area contributed by atoms with Crippen molar-refractivity contribution in [2.45, 2.75) is 25.0 Å². The zero-order valence-corrected chi connectivity index (χ0v) is 10.6. The van der Waals surface area contributed by atoms with Crippen LogP contribution in [0.2, 0.25) is 0 Å². The van der Waals surface area contributed by atoms with E-state index >= 15 is 0 Å². The van der Waals surface area contributed by atoms with E-state index in [9.17, 15) is 14.7 Å². The third-order valence-corrected chi connectivity index (χ3v) is 4.63. The van der Waals surface area contributed by atoms with Crippen LogP contribution in [0, 0.1) is 17.8 Å². The van der Waals surface area contributed by atoms with Gasteiger partial charge < -0.3 is 9.84 Å². The number of esters is 1. The third-order valence-electron chi connectivity index (χ3n) is 4.63. The first kappa shape index (κ1) is 12.4. The van der Waals surface area contributed by atoms with Crippen molar-refractivity contribution in [3.8, 4) is 0 Å². The lowest BCUT2D eigenvalue weighted by Gasteiger charge is -2.25. The molecule has 1 heterocycles. The van der Waals surface area contributed by atoms with E-state index in [0.29, 0.717) is 18.4 Å². The van der Waals surface area contributed by atoms with E-state index in [2.05, 4.69) is 19.7 Å². The second-order valence-corrected chi connectivity index (χ2v) is 5.64. The Balaban J connectivity index is 2.08. The van der Waals surface area contributed by atoms with E-state index in [4.69, 9.17) is 4.74 Å². The van der Waals surface area contributed by atoms with E-state index < -0.39 is 24.1 Å². The second kappa shape index (κ2) is 3.90. The third kappa shape index (κ3) is 1.56. The highest BCUT2D eigenvalue weighted by atomic mass is 16.6. The molecule has 4 heteroatoms. The number of hydrogen-bond donors (Lipinski definition) is 1. The average Bonchev–Trinajstić information content (AvgIpc) is 2.75. The Kier molecular flexibility index (Phi) is 2.54. The Hall–Kier alpha value is -1.68. The number of aliphatic hydroxyl groups is 1. The fourth-order valence-corrected chi connectivity index (χ4v) is 3.61. The summed E-state index contributed by atoms with van der Waals surface area (Å²) in [6, 6.07) is 0. The normalized spacial score (nSPS) is 41.9. The zero-order valence-electron chi connectivity index (χ0n) is 10.6. The highest BCUT2D eigenvalue weighted by Crippen LogP contribution is 2.50. The number of hydrogen-bond acceptors (Lipinski definition) is 4. The summed E-state index contributed by atoms with van der Waals surface area (Å²) in [5, 5.41) is 10.3. The summed E-state index contributed by atoms with van der Waals surface area (Å²) in [6.07, 6.45) is -0.538. The fourth-order valence-electron chi connectivity index (χ4n) is 3.61. The summed E-state index contributed by atoms with van der Waals surface area (Å²) >= 11 is 0. The molecule has 1 saturated heterocycles. The summed E-state index contributed by atoms with van der Waals surface area (Å²) < 4.78 is 5.36. The van der Waals surface area contributed by atoms with Gasteiger partial charge in [0.2, 0.25) is 0 Å². The van der Waals surface area contributed by atoms with E-state index in [1.165, 1.54) is 0 Å². The van der Waals surface area contributed by atoms with Crippen LogP contribution in [0.1, 0.15) is 12.8 Å². The Morgan fingerprint density at radius 1 is 1.05 bits per heavy atom. The minimum absolute atomic E-state index is 0.000138. The van der Waals surface area contributed by atoms with Crippen LogP contribution in [0.5, 0.6) is 0 Å². The molecule has 0 aromatic heterocycles. The van der Waals surface area contributed by atoms with Crippen LogP contribution in [0.15, 0.2) is 36.5 Å². The van der Waals surface area contributed by atoms with Crippen LogP contribution in [-0.2, 0) is 14.3 Å². The smallest absolute Gasteiger partial charge is 0.334 e. The molecule has 4 nitrogen and oxygen atoms in total.